The molecular formula is C21H26N2O2. The zero-order chi connectivity index (χ0) is 17.6. The standard InChI is InChI=1S/C21H26N2O2/c1-16(24)13-20(17-7-3-2-4-8-17)14-22-21(25)23-12-11-18-9-5-6-10-19(18)15-23/h2-10,16,20,24H,11-15H2,1H3,(H,22,25). The summed E-state index contributed by atoms with van der Waals surface area (Å²) in [4.78, 5) is 14.4. The number of nitrogens with one attached hydrogen (secondary N) is 1. The topological polar surface area (TPSA) is 52.6 Å². The fourth-order valence-electron chi connectivity index (χ4n) is 3.47. The number of hydrogen-bond donors (Lipinski definition) is 2. The Morgan fingerprint density at radius 3 is 2.52 bits per heavy atom. The van der Waals surface area contributed by atoms with E-state index in [1.807, 2.05) is 29.2 Å². The van der Waals surface area contributed by atoms with E-state index in [4.69, 9.17) is 0 Å². The fourth-order valence-corrected chi connectivity index (χ4v) is 3.47. The van der Waals surface area contributed by atoms with Gasteiger partial charge in [-0.3, -0.25) is 0 Å². The van der Waals surface area contributed by atoms with E-state index in [1.54, 1.807) is 6.92 Å². The quantitative estimate of drug-likeness (QED) is 0.879. The van der Waals surface area contributed by atoms with Gasteiger partial charge >= 0.3 is 6.03 Å². The molecule has 4 heteroatoms. The summed E-state index contributed by atoms with van der Waals surface area (Å²) in [5, 5.41) is 12.8. The Hall–Kier alpha value is -2.33. The predicted molar refractivity (Wildman–Crippen MR) is 99.4 cm³/mol. The lowest BCUT2D eigenvalue weighted by molar-refractivity contribution is 0.169. The summed E-state index contributed by atoms with van der Waals surface area (Å²) in [5.41, 5.74) is 3.71. The number of carbonyl (C=O) groups is 1. The van der Waals surface area contributed by atoms with Gasteiger partial charge in [0.25, 0.3) is 0 Å². The Kier molecular flexibility index (Phi) is 5.71. The van der Waals surface area contributed by atoms with Gasteiger partial charge in [0.2, 0.25) is 0 Å². The second-order valence-corrected chi connectivity index (χ2v) is 6.82. The normalized spacial score (nSPS) is 16.0. The van der Waals surface area contributed by atoms with Crippen LogP contribution in [0.2, 0.25) is 0 Å². The van der Waals surface area contributed by atoms with Gasteiger partial charge < -0.3 is 15.3 Å². The molecule has 1 aliphatic heterocycles. The van der Waals surface area contributed by atoms with Crippen molar-refractivity contribution in [2.45, 2.75) is 38.3 Å². The first kappa shape index (κ1) is 17.5. The second-order valence-electron chi connectivity index (χ2n) is 6.82. The smallest absolute Gasteiger partial charge is 0.317 e. The number of aliphatic hydroxyl groups excluding tert-OH is 1. The Bertz CT molecular complexity index is 700. The van der Waals surface area contributed by atoms with Crippen LogP contribution in [-0.2, 0) is 13.0 Å². The third-order valence-electron chi connectivity index (χ3n) is 4.81. The van der Waals surface area contributed by atoms with Crippen LogP contribution in [0.25, 0.3) is 0 Å². The highest BCUT2D eigenvalue weighted by molar-refractivity contribution is 5.74. The first-order valence-corrected chi connectivity index (χ1v) is 8.96. The van der Waals surface area contributed by atoms with E-state index in [0.717, 1.165) is 18.5 Å². The number of nitrogens with zero attached hydrogens (tertiary/aromatic N) is 1. The molecule has 0 saturated heterocycles. The van der Waals surface area contributed by atoms with Crippen LogP contribution in [0.4, 0.5) is 4.79 Å². The van der Waals surface area contributed by atoms with E-state index >= 15 is 0 Å². The zero-order valence-corrected chi connectivity index (χ0v) is 14.7. The number of hydrogen-bond acceptors (Lipinski definition) is 2. The van der Waals surface area contributed by atoms with Crippen LogP contribution in [0, 0.1) is 0 Å². The molecule has 132 valence electrons. The Labute approximate surface area is 149 Å². The maximum Gasteiger partial charge on any atom is 0.317 e. The first-order valence-electron chi connectivity index (χ1n) is 8.96. The minimum Gasteiger partial charge on any atom is -0.393 e. The van der Waals surface area contributed by atoms with Crippen molar-refractivity contribution in [1.29, 1.82) is 0 Å². The van der Waals surface area contributed by atoms with Crippen LogP contribution in [0.1, 0.15) is 36.0 Å². The molecule has 0 saturated carbocycles. The van der Waals surface area contributed by atoms with Gasteiger partial charge in [-0.15, -0.1) is 0 Å². The van der Waals surface area contributed by atoms with Crippen LogP contribution in [-0.4, -0.2) is 35.2 Å². The summed E-state index contributed by atoms with van der Waals surface area (Å²) in [6, 6.07) is 18.3. The SMILES string of the molecule is CC(O)CC(CNC(=O)N1CCc2ccccc2C1)c1ccccc1. The molecule has 0 aliphatic carbocycles. The van der Waals surface area contributed by atoms with Crippen molar-refractivity contribution < 1.29 is 9.90 Å². The minimum absolute atomic E-state index is 0.0268. The molecule has 1 aliphatic rings. The summed E-state index contributed by atoms with van der Waals surface area (Å²) < 4.78 is 0. The second kappa shape index (κ2) is 8.17. The summed E-state index contributed by atoms with van der Waals surface area (Å²) in [7, 11) is 0. The van der Waals surface area contributed by atoms with Crippen molar-refractivity contribution in [2.75, 3.05) is 13.1 Å². The van der Waals surface area contributed by atoms with Crippen molar-refractivity contribution in [3.63, 3.8) is 0 Å². The molecule has 0 aromatic heterocycles. The Balaban J connectivity index is 1.60. The van der Waals surface area contributed by atoms with Gasteiger partial charge in [-0.1, -0.05) is 54.6 Å². The molecule has 2 N–H and O–H groups in total. The van der Waals surface area contributed by atoms with Crippen molar-refractivity contribution in [3.8, 4) is 0 Å². The molecule has 0 radical (unpaired) electrons. The molecular weight excluding hydrogens is 312 g/mol. The summed E-state index contributed by atoms with van der Waals surface area (Å²) in [5.74, 6) is 0.113. The van der Waals surface area contributed by atoms with Crippen molar-refractivity contribution in [3.05, 3.63) is 71.3 Å². The lowest BCUT2D eigenvalue weighted by Gasteiger charge is -2.30. The van der Waals surface area contributed by atoms with Crippen molar-refractivity contribution >= 4 is 6.03 Å². The zero-order valence-electron chi connectivity index (χ0n) is 14.7. The van der Waals surface area contributed by atoms with Crippen LogP contribution >= 0.6 is 0 Å². The summed E-state index contributed by atoms with van der Waals surface area (Å²) in [6.07, 6.45) is 1.14. The van der Waals surface area contributed by atoms with Gasteiger partial charge in [0, 0.05) is 25.6 Å². The van der Waals surface area contributed by atoms with Crippen LogP contribution < -0.4 is 5.32 Å². The van der Waals surface area contributed by atoms with Crippen molar-refractivity contribution in [2.24, 2.45) is 0 Å². The highest BCUT2D eigenvalue weighted by Gasteiger charge is 2.22. The third kappa shape index (κ3) is 4.60. The lowest BCUT2D eigenvalue weighted by Crippen LogP contribution is -2.44. The van der Waals surface area contributed by atoms with E-state index in [1.165, 1.54) is 11.1 Å². The average Bonchev–Trinajstić information content (AvgIpc) is 2.65. The number of fused-ring (bicyclic) bond motifs is 1. The average molecular weight is 338 g/mol. The molecule has 3 rings (SSSR count). The molecule has 2 atom stereocenters. The van der Waals surface area contributed by atoms with Crippen LogP contribution in [0.5, 0.6) is 0 Å². The first-order chi connectivity index (χ1) is 12.1. The van der Waals surface area contributed by atoms with Gasteiger partial charge in [0.15, 0.2) is 0 Å². The van der Waals surface area contributed by atoms with Gasteiger partial charge in [0.05, 0.1) is 6.10 Å². The number of aliphatic hydroxyl groups is 1. The summed E-state index contributed by atoms with van der Waals surface area (Å²) in [6.45, 7) is 3.73. The molecule has 0 bridgehead atoms. The highest BCUT2D eigenvalue weighted by Crippen LogP contribution is 2.21. The monoisotopic (exact) mass is 338 g/mol. The molecule has 0 spiro atoms. The largest absolute Gasteiger partial charge is 0.393 e. The molecule has 25 heavy (non-hydrogen) atoms. The number of rotatable bonds is 5. The van der Waals surface area contributed by atoms with Gasteiger partial charge in [-0.05, 0) is 36.5 Å². The number of benzene rings is 2. The van der Waals surface area contributed by atoms with Crippen LogP contribution in [0.3, 0.4) is 0 Å². The molecule has 2 aromatic carbocycles. The van der Waals surface area contributed by atoms with E-state index in [-0.39, 0.29) is 11.9 Å². The van der Waals surface area contributed by atoms with Gasteiger partial charge in [-0.2, -0.15) is 0 Å². The fraction of sp³-hybridized carbons (Fsp3) is 0.381. The molecule has 4 nitrogen and oxygen atoms in total. The third-order valence-corrected chi connectivity index (χ3v) is 4.81. The lowest BCUT2D eigenvalue weighted by atomic mass is 9.93. The molecule has 2 unspecified atom stereocenters. The minimum atomic E-state index is -0.399. The van der Waals surface area contributed by atoms with E-state index in [0.29, 0.717) is 19.5 Å². The number of carbonyl (C=O) groups excluding carboxylic acids is 1. The summed E-state index contributed by atoms with van der Waals surface area (Å²) >= 11 is 0. The van der Waals surface area contributed by atoms with E-state index in [9.17, 15) is 9.90 Å². The number of amides is 2. The maximum atomic E-state index is 12.6. The molecule has 2 amide bonds. The highest BCUT2D eigenvalue weighted by atomic mass is 16.3. The predicted octanol–water partition coefficient (Wildman–Crippen LogP) is 3.31. The van der Waals surface area contributed by atoms with Gasteiger partial charge in [-0.25, -0.2) is 4.79 Å². The van der Waals surface area contributed by atoms with E-state index in [2.05, 4.69) is 35.6 Å². The van der Waals surface area contributed by atoms with E-state index < -0.39 is 6.10 Å². The Morgan fingerprint density at radius 2 is 1.80 bits per heavy atom. The van der Waals surface area contributed by atoms with Crippen LogP contribution in [0.15, 0.2) is 54.6 Å². The molecule has 0 fully saturated rings. The maximum absolute atomic E-state index is 12.6. The number of urea groups is 1. The molecule has 2 aromatic rings. The van der Waals surface area contributed by atoms with Crippen molar-refractivity contribution in [1.82, 2.24) is 10.2 Å². The van der Waals surface area contributed by atoms with Gasteiger partial charge in [0.1, 0.15) is 0 Å². The molecule has 1 heterocycles. The Morgan fingerprint density at radius 1 is 1.12 bits per heavy atom.